The fraction of sp³-hybridized carbons (Fsp3) is 0.667. The SMILES string of the molecule is CCNC(=NCC1(NC(C)c2ccccc2)CCOCC1)N1CCN(C(=O)OCC)CC1.I. The standard InChI is InChI=1S/C24H39N5O3.HI/c1-4-25-22(28-13-15-29(16-14-28)23(30)32-5-2)26-19-24(11-17-31-18-12-24)27-20(3)21-9-7-6-8-10-21;/h6-10,20,27H,4-5,11-19H2,1-3H3,(H,25,26);1H. The Morgan fingerprint density at radius 2 is 1.76 bits per heavy atom. The van der Waals surface area contributed by atoms with Crippen molar-refractivity contribution in [3.63, 3.8) is 0 Å². The molecule has 186 valence electrons. The van der Waals surface area contributed by atoms with Crippen LogP contribution >= 0.6 is 24.0 Å². The highest BCUT2D eigenvalue weighted by atomic mass is 127. The van der Waals surface area contributed by atoms with Crippen LogP contribution in [0.1, 0.15) is 45.2 Å². The van der Waals surface area contributed by atoms with Crippen LogP contribution in [0.15, 0.2) is 35.3 Å². The van der Waals surface area contributed by atoms with E-state index in [1.807, 2.05) is 6.92 Å². The monoisotopic (exact) mass is 573 g/mol. The van der Waals surface area contributed by atoms with Crippen molar-refractivity contribution < 1.29 is 14.3 Å². The number of ether oxygens (including phenoxy) is 2. The number of carbonyl (C=O) groups is 1. The summed E-state index contributed by atoms with van der Waals surface area (Å²) in [5.74, 6) is 0.913. The third-order valence-electron chi connectivity index (χ3n) is 6.24. The number of guanidine groups is 1. The van der Waals surface area contributed by atoms with Gasteiger partial charge in [-0.15, -0.1) is 24.0 Å². The lowest BCUT2D eigenvalue weighted by Gasteiger charge is -2.40. The number of benzene rings is 1. The quantitative estimate of drug-likeness (QED) is 0.297. The molecule has 33 heavy (non-hydrogen) atoms. The summed E-state index contributed by atoms with van der Waals surface area (Å²) in [6, 6.07) is 10.8. The number of piperazine rings is 1. The Balaban J connectivity index is 0.00000385. The molecular weight excluding hydrogens is 533 g/mol. The second-order valence-corrected chi connectivity index (χ2v) is 8.51. The number of aliphatic imine (C=N–C) groups is 1. The van der Waals surface area contributed by atoms with Crippen LogP contribution in [0.3, 0.4) is 0 Å². The van der Waals surface area contributed by atoms with Crippen LogP contribution in [0.4, 0.5) is 4.79 Å². The number of halogens is 1. The maximum atomic E-state index is 12.0. The molecule has 9 heteroatoms. The van der Waals surface area contributed by atoms with Gasteiger partial charge < -0.3 is 29.9 Å². The van der Waals surface area contributed by atoms with Gasteiger partial charge in [0.1, 0.15) is 0 Å². The molecule has 2 saturated heterocycles. The van der Waals surface area contributed by atoms with Crippen molar-refractivity contribution in [2.24, 2.45) is 4.99 Å². The van der Waals surface area contributed by atoms with E-state index in [9.17, 15) is 4.79 Å². The molecule has 1 aromatic rings. The van der Waals surface area contributed by atoms with Gasteiger partial charge in [0.05, 0.1) is 13.2 Å². The zero-order valence-corrected chi connectivity index (χ0v) is 22.5. The Bertz CT molecular complexity index is 735. The van der Waals surface area contributed by atoms with Gasteiger partial charge in [-0.05, 0) is 39.2 Å². The molecule has 2 heterocycles. The van der Waals surface area contributed by atoms with Crippen LogP contribution in [-0.4, -0.2) is 86.5 Å². The average Bonchev–Trinajstić information content (AvgIpc) is 2.83. The number of hydrogen-bond donors (Lipinski definition) is 2. The highest BCUT2D eigenvalue weighted by Crippen LogP contribution is 2.26. The summed E-state index contributed by atoms with van der Waals surface area (Å²) in [4.78, 5) is 21.1. The van der Waals surface area contributed by atoms with Crippen molar-refractivity contribution in [3.8, 4) is 0 Å². The van der Waals surface area contributed by atoms with Gasteiger partial charge in [0.2, 0.25) is 0 Å². The van der Waals surface area contributed by atoms with E-state index in [-0.39, 0.29) is 41.7 Å². The predicted octanol–water partition coefficient (Wildman–Crippen LogP) is 3.24. The lowest BCUT2D eigenvalue weighted by molar-refractivity contribution is 0.0373. The van der Waals surface area contributed by atoms with E-state index in [2.05, 4.69) is 59.7 Å². The van der Waals surface area contributed by atoms with E-state index >= 15 is 0 Å². The maximum Gasteiger partial charge on any atom is 0.409 e. The first-order chi connectivity index (χ1) is 15.6. The van der Waals surface area contributed by atoms with Gasteiger partial charge in [-0.3, -0.25) is 4.99 Å². The van der Waals surface area contributed by atoms with Crippen LogP contribution < -0.4 is 10.6 Å². The molecule has 2 aliphatic rings. The molecule has 0 radical (unpaired) electrons. The number of hydrogen-bond acceptors (Lipinski definition) is 5. The molecule has 3 rings (SSSR count). The first-order valence-electron chi connectivity index (χ1n) is 11.9. The van der Waals surface area contributed by atoms with Crippen LogP contribution in [0.5, 0.6) is 0 Å². The summed E-state index contributed by atoms with van der Waals surface area (Å²) in [5, 5.41) is 7.33. The largest absolute Gasteiger partial charge is 0.450 e. The van der Waals surface area contributed by atoms with Gasteiger partial charge in [-0.2, -0.15) is 0 Å². The molecule has 0 spiro atoms. The average molecular weight is 574 g/mol. The number of nitrogens with one attached hydrogen (secondary N) is 2. The van der Waals surface area contributed by atoms with Gasteiger partial charge >= 0.3 is 6.09 Å². The highest BCUT2D eigenvalue weighted by Gasteiger charge is 2.34. The number of carbonyl (C=O) groups excluding carboxylic acids is 1. The van der Waals surface area contributed by atoms with Crippen LogP contribution in [-0.2, 0) is 9.47 Å². The van der Waals surface area contributed by atoms with Crippen molar-refractivity contribution in [1.29, 1.82) is 0 Å². The second kappa shape index (κ2) is 14.0. The first-order valence-corrected chi connectivity index (χ1v) is 11.9. The van der Waals surface area contributed by atoms with E-state index in [0.29, 0.717) is 26.2 Å². The summed E-state index contributed by atoms with van der Waals surface area (Å²) >= 11 is 0. The Hall–Kier alpha value is -1.59. The zero-order valence-electron chi connectivity index (χ0n) is 20.2. The zero-order chi connectivity index (χ0) is 22.8. The molecule has 2 fully saturated rings. The topological polar surface area (TPSA) is 78.4 Å². The van der Waals surface area contributed by atoms with Crippen molar-refractivity contribution in [2.75, 3.05) is 59.1 Å². The van der Waals surface area contributed by atoms with Gasteiger partial charge in [0.25, 0.3) is 0 Å². The molecular formula is C24H40IN5O3. The van der Waals surface area contributed by atoms with Crippen molar-refractivity contribution >= 4 is 36.0 Å². The Morgan fingerprint density at radius 3 is 2.36 bits per heavy atom. The third kappa shape index (κ3) is 7.99. The van der Waals surface area contributed by atoms with Crippen molar-refractivity contribution in [1.82, 2.24) is 20.4 Å². The van der Waals surface area contributed by atoms with Crippen LogP contribution in [0.2, 0.25) is 0 Å². The Kier molecular flexibility index (Phi) is 11.7. The first kappa shape index (κ1) is 27.7. The van der Waals surface area contributed by atoms with Gasteiger partial charge in [0.15, 0.2) is 5.96 Å². The van der Waals surface area contributed by atoms with E-state index in [1.165, 1.54) is 5.56 Å². The maximum absolute atomic E-state index is 12.0. The molecule has 8 nitrogen and oxygen atoms in total. The lowest BCUT2D eigenvalue weighted by Crippen LogP contribution is -2.55. The van der Waals surface area contributed by atoms with Gasteiger partial charge in [-0.1, -0.05) is 30.3 Å². The highest BCUT2D eigenvalue weighted by molar-refractivity contribution is 14.0. The lowest BCUT2D eigenvalue weighted by atomic mass is 9.88. The van der Waals surface area contributed by atoms with Crippen molar-refractivity contribution in [2.45, 2.75) is 45.2 Å². The smallest absolute Gasteiger partial charge is 0.409 e. The summed E-state index contributed by atoms with van der Waals surface area (Å²) in [5.41, 5.74) is 1.19. The minimum Gasteiger partial charge on any atom is -0.450 e. The summed E-state index contributed by atoms with van der Waals surface area (Å²) in [7, 11) is 0. The molecule has 0 aromatic heterocycles. The molecule has 0 saturated carbocycles. The minimum atomic E-state index is -0.227. The second-order valence-electron chi connectivity index (χ2n) is 8.51. The fourth-order valence-corrected chi connectivity index (χ4v) is 4.36. The summed E-state index contributed by atoms with van der Waals surface area (Å²) < 4.78 is 10.8. The van der Waals surface area contributed by atoms with E-state index < -0.39 is 0 Å². The molecule has 2 N–H and O–H groups in total. The molecule has 1 amide bonds. The predicted molar refractivity (Wildman–Crippen MR) is 142 cm³/mol. The van der Waals surface area contributed by atoms with E-state index in [0.717, 1.165) is 51.6 Å². The molecule has 0 bridgehead atoms. The van der Waals surface area contributed by atoms with Gasteiger partial charge in [0, 0.05) is 57.5 Å². The molecule has 1 atom stereocenters. The fourth-order valence-electron chi connectivity index (χ4n) is 4.36. The van der Waals surface area contributed by atoms with Crippen LogP contribution in [0.25, 0.3) is 0 Å². The summed E-state index contributed by atoms with van der Waals surface area (Å²) in [6.45, 7) is 12.3. The minimum absolute atomic E-state index is 0. The van der Waals surface area contributed by atoms with Crippen molar-refractivity contribution in [3.05, 3.63) is 35.9 Å². The molecule has 1 unspecified atom stereocenters. The third-order valence-corrected chi connectivity index (χ3v) is 6.24. The number of amides is 1. The number of rotatable bonds is 7. The number of nitrogens with zero attached hydrogens (tertiary/aromatic N) is 3. The normalized spacial score (nSPS) is 19.4. The Labute approximate surface area is 215 Å². The van der Waals surface area contributed by atoms with Crippen LogP contribution in [0, 0.1) is 0 Å². The molecule has 2 aliphatic heterocycles. The Morgan fingerprint density at radius 1 is 1.12 bits per heavy atom. The van der Waals surface area contributed by atoms with E-state index in [4.69, 9.17) is 14.5 Å². The summed E-state index contributed by atoms with van der Waals surface area (Å²) in [6.07, 6.45) is 1.64. The molecule has 1 aromatic carbocycles. The molecule has 0 aliphatic carbocycles. The van der Waals surface area contributed by atoms with Gasteiger partial charge in [-0.25, -0.2) is 4.79 Å². The van der Waals surface area contributed by atoms with E-state index in [1.54, 1.807) is 4.90 Å².